The average Bonchev–Trinajstić information content (AvgIpc) is 4.11. The molecule has 0 saturated heterocycles. The van der Waals surface area contributed by atoms with E-state index in [-0.39, 0.29) is 0 Å². The minimum absolute atomic E-state index is 0.464. The number of oxazole rings is 2. The van der Waals surface area contributed by atoms with Gasteiger partial charge in [-0.2, -0.15) is 10.5 Å². The third kappa shape index (κ3) is 6.95. The van der Waals surface area contributed by atoms with Gasteiger partial charge in [-0.05, 0) is 107 Å². The molecule has 1 aliphatic carbocycles. The summed E-state index contributed by atoms with van der Waals surface area (Å²) in [7, 11) is 0. The van der Waals surface area contributed by atoms with Crippen molar-refractivity contribution in [3.63, 3.8) is 0 Å². The van der Waals surface area contributed by atoms with Crippen LogP contribution in [0.15, 0.2) is 191 Å². The molecule has 11 rings (SSSR count). The van der Waals surface area contributed by atoms with Crippen LogP contribution in [0, 0.1) is 22.7 Å². The van der Waals surface area contributed by atoms with E-state index in [4.69, 9.17) is 18.8 Å². The Balaban J connectivity index is 1.36. The first-order valence-electron chi connectivity index (χ1n) is 23.2. The van der Waals surface area contributed by atoms with Gasteiger partial charge in [-0.15, -0.1) is 0 Å². The Bertz CT molecular complexity index is 3380. The van der Waals surface area contributed by atoms with Crippen molar-refractivity contribution in [2.24, 2.45) is 0 Å². The molecule has 69 heavy (non-hydrogen) atoms. The van der Waals surface area contributed by atoms with E-state index < -0.39 is 16.2 Å². The minimum atomic E-state index is -0.970. The van der Waals surface area contributed by atoms with Gasteiger partial charge in [0.1, 0.15) is 11.0 Å². The van der Waals surface area contributed by atoms with Gasteiger partial charge in [0.2, 0.25) is 11.8 Å². The molecule has 0 radical (unpaired) electrons. The number of fused-ring (bicyclic) bond motifs is 7. The van der Waals surface area contributed by atoms with Gasteiger partial charge in [0, 0.05) is 44.7 Å². The first-order valence-corrected chi connectivity index (χ1v) is 23.2. The molecule has 0 amide bonds. The molecular formula is C61H48N6O2. The number of nitriles is 2. The molecule has 0 atom stereocenters. The van der Waals surface area contributed by atoms with Crippen molar-refractivity contribution >= 4 is 56.3 Å². The molecule has 8 heteroatoms. The molecule has 0 N–H and O–H groups in total. The first-order chi connectivity index (χ1) is 33.4. The fraction of sp³-hybridized carbons (Fsp3) is 0.148. The number of nitrogens with zero attached hydrogens (tertiary/aromatic N) is 6. The van der Waals surface area contributed by atoms with Crippen LogP contribution < -0.4 is 9.80 Å². The van der Waals surface area contributed by atoms with Gasteiger partial charge < -0.3 is 18.6 Å². The highest BCUT2D eigenvalue weighted by Gasteiger charge is 2.51. The first kappa shape index (κ1) is 42.9. The molecule has 0 unspecified atom stereocenters. The second-order valence-electron chi connectivity index (χ2n) is 19.7. The summed E-state index contributed by atoms with van der Waals surface area (Å²) in [6.07, 6.45) is 0. The van der Waals surface area contributed by atoms with E-state index in [0.717, 1.165) is 67.5 Å². The third-order valence-electron chi connectivity index (χ3n) is 13.1. The molecule has 0 fully saturated rings. The molecule has 0 spiro atoms. The Labute approximate surface area is 402 Å². The Morgan fingerprint density at radius 2 is 0.754 bits per heavy atom. The van der Waals surface area contributed by atoms with E-state index in [1.54, 1.807) is 0 Å². The number of benzene rings is 8. The van der Waals surface area contributed by atoms with Crippen LogP contribution in [-0.4, -0.2) is 9.97 Å². The lowest BCUT2D eigenvalue weighted by Gasteiger charge is -2.35. The van der Waals surface area contributed by atoms with Gasteiger partial charge in [-0.1, -0.05) is 139 Å². The largest absolute Gasteiger partial charge is 0.439 e. The summed E-state index contributed by atoms with van der Waals surface area (Å²) >= 11 is 0. The van der Waals surface area contributed by atoms with E-state index in [1.165, 1.54) is 0 Å². The van der Waals surface area contributed by atoms with Crippen molar-refractivity contribution in [1.29, 1.82) is 10.5 Å². The van der Waals surface area contributed by atoms with Crippen molar-refractivity contribution < 1.29 is 8.83 Å². The quantitative estimate of drug-likeness (QED) is 0.148. The van der Waals surface area contributed by atoms with E-state index >= 15 is 0 Å². The number of rotatable bonds is 8. The second kappa shape index (κ2) is 16.3. The van der Waals surface area contributed by atoms with Crippen molar-refractivity contribution in [2.45, 2.75) is 57.8 Å². The van der Waals surface area contributed by atoms with Crippen molar-refractivity contribution in [3.05, 3.63) is 227 Å². The summed E-state index contributed by atoms with van der Waals surface area (Å²) in [5.41, 5.74) is 12.9. The van der Waals surface area contributed by atoms with Crippen molar-refractivity contribution in [3.8, 4) is 23.3 Å². The topological polar surface area (TPSA) is 106 Å². The third-order valence-corrected chi connectivity index (χ3v) is 13.1. The fourth-order valence-corrected chi connectivity index (χ4v) is 9.88. The molecule has 0 aliphatic heterocycles. The Kier molecular flexibility index (Phi) is 10.1. The predicted molar refractivity (Wildman–Crippen MR) is 275 cm³/mol. The molecule has 10 aromatic rings. The standard InChI is InChI=1S/C61H48N6O2/c1-59(2,3)57-64-53-49(66(43-23-15-9-16-24-43)45-31-27-39(37-62)28-32-45)35-47-51(55(53)68-57)52-48(61(47,41-19-11-7-12-20-41)42-21-13-8-14-22-42)36-50(54-56(52)69-58(65-54)60(4,5)6)67(44-25-17-10-18-26-44)46-33-29-40(38-63)30-34-46/h7-36H,1-6H3. The van der Waals surface area contributed by atoms with Crippen molar-refractivity contribution in [2.75, 3.05) is 9.80 Å². The fourth-order valence-electron chi connectivity index (χ4n) is 9.88. The molecule has 2 aromatic heterocycles. The van der Waals surface area contributed by atoms with Crippen LogP contribution in [-0.2, 0) is 16.2 Å². The van der Waals surface area contributed by atoms with Gasteiger partial charge in [-0.3, -0.25) is 0 Å². The normalized spacial score (nSPS) is 12.9. The Morgan fingerprint density at radius 1 is 0.435 bits per heavy atom. The molecule has 2 heterocycles. The summed E-state index contributed by atoms with van der Waals surface area (Å²) < 4.78 is 14.6. The van der Waals surface area contributed by atoms with Crippen LogP contribution in [0.2, 0.25) is 0 Å². The van der Waals surface area contributed by atoms with E-state index in [1.807, 2.05) is 84.9 Å². The van der Waals surface area contributed by atoms with Crippen LogP contribution in [0.4, 0.5) is 34.1 Å². The highest BCUT2D eigenvalue weighted by molar-refractivity contribution is 6.14. The highest BCUT2D eigenvalue weighted by Crippen LogP contribution is 2.63. The van der Waals surface area contributed by atoms with Crippen LogP contribution in [0.25, 0.3) is 33.3 Å². The maximum atomic E-state index is 9.90. The lowest BCUT2D eigenvalue weighted by atomic mass is 9.67. The van der Waals surface area contributed by atoms with E-state index in [0.29, 0.717) is 45.1 Å². The zero-order chi connectivity index (χ0) is 47.7. The van der Waals surface area contributed by atoms with E-state index in [2.05, 4.69) is 161 Å². The minimum Gasteiger partial charge on any atom is -0.439 e. The Hall–Kier alpha value is -8.72. The van der Waals surface area contributed by atoms with Crippen LogP contribution >= 0.6 is 0 Å². The molecule has 8 aromatic carbocycles. The number of anilines is 6. The molecule has 0 bridgehead atoms. The van der Waals surface area contributed by atoms with Gasteiger partial charge in [-0.25, -0.2) is 9.97 Å². The summed E-state index contributed by atoms with van der Waals surface area (Å²) in [5.74, 6) is 1.19. The van der Waals surface area contributed by atoms with Gasteiger partial charge in [0.05, 0.1) is 40.1 Å². The molecular weight excluding hydrogens is 849 g/mol. The van der Waals surface area contributed by atoms with E-state index in [9.17, 15) is 10.5 Å². The summed E-state index contributed by atoms with van der Waals surface area (Å²) in [6.45, 7) is 12.7. The maximum absolute atomic E-state index is 9.90. The highest BCUT2D eigenvalue weighted by atomic mass is 16.4. The average molecular weight is 897 g/mol. The molecule has 334 valence electrons. The summed E-state index contributed by atoms with van der Waals surface area (Å²) in [6, 6.07) is 66.6. The molecule has 8 nitrogen and oxygen atoms in total. The lowest BCUT2D eigenvalue weighted by molar-refractivity contribution is 0.410. The second-order valence-corrected chi connectivity index (χ2v) is 19.7. The summed E-state index contributed by atoms with van der Waals surface area (Å²) in [4.78, 5) is 15.4. The van der Waals surface area contributed by atoms with Gasteiger partial charge >= 0.3 is 0 Å². The van der Waals surface area contributed by atoms with Crippen LogP contribution in [0.3, 0.4) is 0 Å². The lowest BCUT2D eigenvalue weighted by Crippen LogP contribution is -2.29. The number of para-hydroxylation sites is 2. The molecule has 1 aliphatic rings. The SMILES string of the molecule is CC(C)(C)c1nc2c(N(c3ccccc3)c3ccc(C#N)cc3)cc3c(c2o1)-c1c(cc(N(c2ccccc2)c2ccc(C#N)cc2)c2nc(C(C)(C)C)oc12)C3(c1ccccc1)c1ccccc1. The maximum Gasteiger partial charge on any atom is 0.200 e. The summed E-state index contributed by atoms with van der Waals surface area (Å²) in [5, 5.41) is 19.8. The van der Waals surface area contributed by atoms with Crippen molar-refractivity contribution in [1.82, 2.24) is 9.97 Å². The monoisotopic (exact) mass is 896 g/mol. The van der Waals surface area contributed by atoms with Crippen LogP contribution in [0.5, 0.6) is 0 Å². The van der Waals surface area contributed by atoms with Gasteiger partial charge in [0.15, 0.2) is 11.2 Å². The van der Waals surface area contributed by atoms with Crippen LogP contribution in [0.1, 0.15) is 86.7 Å². The molecule has 0 saturated carbocycles. The number of hydrogen-bond acceptors (Lipinski definition) is 8. The zero-order valence-electron chi connectivity index (χ0n) is 39.3. The zero-order valence-corrected chi connectivity index (χ0v) is 39.3. The smallest absolute Gasteiger partial charge is 0.200 e. The Morgan fingerprint density at radius 3 is 1.07 bits per heavy atom. The predicted octanol–water partition coefficient (Wildman–Crippen LogP) is 15.6. The number of aromatic nitrogens is 2. The number of hydrogen-bond donors (Lipinski definition) is 0. The van der Waals surface area contributed by atoms with Gasteiger partial charge in [0.25, 0.3) is 0 Å².